The van der Waals surface area contributed by atoms with Crippen LogP contribution >= 0.6 is 24.0 Å². The van der Waals surface area contributed by atoms with Gasteiger partial charge in [0.05, 0.1) is 10.6 Å². The Labute approximate surface area is 177 Å². The van der Waals surface area contributed by atoms with Crippen LogP contribution in [0.25, 0.3) is 6.08 Å². The van der Waals surface area contributed by atoms with Gasteiger partial charge in [0.1, 0.15) is 5.75 Å². The van der Waals surface area contributed by atoms with Crippen molar-refractivity contribution in [2.24, 2.45) is 0 Å². The zero-order valence-electron chi connectivity index (χ0n) is 15.6. The largest absolute Gasteiger partial charge is 0.479 e. The van der Waals surface area contributed by atoms with E-state index in [4.69, 9.17) is 22.1 Å². The normalized spacial score (nSPS) is 16.2. The van der Waals surface area contributed by atoms with Crippen LogP contribution in [0.3, 0.4) is 0 Å². The highest BCUT2D eigenvalue weighted by atomic mass is 32.2. The Balaban J connectivity index is 1.89. The number of thiocarbonyl (C=S) groups is 1. The SMILES string of the molecule is CC(=O)c1ccc(N2C(=O)/C(=C\c3ccccc3OC(C)C(=O)O)SC2=S)cc1. The van der Waals surface area contributed by atoms with E-state index in [0.717, 1.165) is 11.8 Å². The van der Waals surface area contributed by atoms with E-state index >= 15 is 0 Å². The third kappa shape index (κ3) is 4.55. The Morgan fingerprint density at radius 2 is 1.83 bits per heavy atom. The molecule has 0 aromatic heterocycles. The average Bonchev–Trinajstić information content (AvgIpc) is 2.96. The molecule has 1 N–H and O–H groups in total. The van der Waals surface area contributed by atoms with Gasteiger partial charge in [-0.2, -0.15) is 0 Å². The van der Waals surface area contributed by atoms with Crippen LogP contribution in [0.4, 0.5) is 5.69 Å². The van der Waals surface area contributed by atoms with E-state index in [2.05, 4.69) is 0 Å². The molecule has 2 aromatic carbocycles. The monoisotopic (exact) mass is 427 g/mol. The number of thioether (sulfide) groups is 1. The summed E-state index contributed by atoms with van der Waals surface area (Å²) in [6.07, 6.45) is 0.603. The van der Waals surface area contributed by atoms with E-state index in [9.17, 15) is 14.4 Å². The number of hydrogen-bond donors (Lipinski definition) is 1. The number of Topliss-reactive ketones (excluding diaryl/α,β-unsaturated/α-hetero) is 1. The molecule has 6 nitrogen and oxygen atoms in total. The molecule has 148 valence electrons. The summed E-state index contributed by atoms with van der Waals surface area (Å²) in [4.78, 5) is 37.2. The van der Waals surface area contributed by atoms with Crippen molar-refractivity contribution in [2.75, 3.05) is 4.90 Å². The number of carbonyl (C=O) groups excluding carboxylic acids is 2. The van der Waals surface area contributed by atoms with Gasteiger partial charge >= 0.3 is 5.97 Å². The van der Waals surface area contributed by atoms with Crippen LogP contribution in [-0.4, -0.2) is 33.2 Å². The van der Waals surface area contributed by atoms with Gasteiger partial charge in [-0.05, 0) is 50.3 Å². The molecular formula is C21H17NO5S2. The van der Waals surface area contributed by atoms with Crippen LogP contribution in [0, 0.1) is 0 Å². The van der Waals surface area contributed by atoms with Gasteiger partial charge in [-0.3, -0.25) is 14.5 Å². The van der Waals surface area contributed by atoms with Crippen molar-refractivity contribution in [3.05, 3.63) is 64.6 Å². The van der Waals surface area contributed by atoms with Crippen LogP contribution in [-0.2, 0) is 9.59 Å². The number of anilines is 1. The minimum atomic E-state index is -1.08. The molecule has 0 radical (unpaired) electrons. The molecule has 2 aromatic rings. The summed E-state index contributed by atoms with van der Waals surface area (Å²) in [5, 5.41) is 9.07. The van der Waals surface area contributed by atoms with Crippen molar-refractivity contribution >= 4 is 57.7 Å². The minimum Gasteiger partial charge on any atom is -0.479 e. The molecule has 0 bridgehead atoms. The Morgan fingerprint density at radius 3 is 2.45 bits per heavy atom. The first-order valence-electron chi connectivity index (χ1n) is 8.65. The predicted octanol–water partition coefficient (Wildman–Crippen LogP) is 4.15. The standard InChI is InChI=1S/C21H17NO5S2/c1-12(23)14-7-9-16(10-8-14)22-19(24)18(29-21(22)28)11-15-5-3-4-6-17(15)27-13(2)20(25)26/h3-11,13H,1-2H3,(H,25,26)/b18-11+. The summed E-state index contributed by atoms with van der Waals surface area (Å²) in [6, 6.07) is 13.5. The topological polar surface area (TPSA) is 83.9 Å². The highest BCUT2D eigenvalue weighted by Gasteiger charge is 2.33. The number of ketones is 1. The smallest absolute Gasteiger partial charge is 0.344 e. The van der Waals surface area contributed by atoms with E-state index in [0.29, 0.717) is 31.8 Å². The summed E-state index contributed by atoms with van der Waals surface area (Å²) in [7, 11) is 0. The number of nitrogens with zero attached hydrogens (tertiary/aromatic N) is 1. The molecule has 1 amide bonds. The third-order valence-corrected chi connectivity index (χ3v) is 5.49. The molecule has 29 heavy (non-hydrogen) atoms. The van der Waals surface area contributed by atoms with E-state index in [-0.39, 0.29) is 11.7 Å². The van der Waals surface area contributed by atoms with Crippen molar-refractivity contribution in [1.82, 2.24) is 0 Å². The van der Waals surface area contributed by atoms with Crippen LogP contribution in [0.15, 0.2) is 53.4 Å². The molecule has 1 saturated heterocycles. The molecule has 3 rings (SSSR count). The lowest BCUT2D eigenvalue weighted by Crippen LogP contribution is -2.27. The molecule has 1 unspecified atom stereocenters. The fourth-order valence-electron chi connectivity index (χ4n) is 2.62. The molecular weight excluding hydrogens is 410 g/mol. The first-order valence-corrected chi connectivity index (χ1v) is 9.88. The lowest BCUT2D eigenvalue weighted by molar-refractivity contribution is -0.144. The highest BCUT2D eigenvalue weighted by Crippen LogP contribution is 2.37. The highest BCUT2D eigenvalue weighted by molar-refractivity contribution is 8.27. The molecule has 0 spiro atoms. The first-order chi connectivity index (χ1) is 13.8. The Bertz CT molecular complexity index is 1030. The molecule has 8 heteroatoms. The van der Waals surface area contributed by atoms with Crippen molar-refractivity contribution in [2.45, 2.75) is 20.0 Å². The summed E-state index contributed by atoms with van der Waals surface area (Å²) in [6.45, 7) is 2.91. The van der Waals surface area contributed by atoms with E-state index < -0.39 is 12.1 Å². The second kappa shape index (κ2) is 8.59. The fraction of sp³-hybridized carbons (Fsp3) is 0.143. The molecule has 1 aliphatic rings. The van der Waals surface area contributed by atoms with Gasteiger partial charge in [0.25, 0.3) is 5.91 Å². The number of carboxylic acid groups (broad SMARTS) is 1. The van der Waals surface area contributed by atoms with Gasteiger partial charge in [-0.1, -0.05) is 42.2 Å². The number of ether oxygens (including phenoxy) is 1. The van der Waals surface area contributed by atoms with Crippen molar-refractivity contribution in [3.63, 3.8) is 0 Å². The molecule has 1 aliphatic heterocycles. The molecule has 1 heterocycles. The number of rotatable bonds is 6. The number of carbonyl (C=O) groups is 3. The summed E-state index contributed by atoms with van der Waals surface area (Å²) >= 11 is 6.51. The van der Waals surface area contributed by atoms with E-state index in [1.165, 1.54) is 18.7 Å². The van der Waals surface area contributed by atoms with Crippen LogP contribution < -0.4 is 9.64 Å². The first kappa shape index (κ1) is 20.8. The third-order valence-electron chi connectivity index (χ3n) is 4.18. The molecule has 1 atom stereocenters. The summed E-state index contributed by atoms with van der Waals surface area (Å²) in [5.41, 5.74) is 1.70. The number of aliphatic carboxylic acids is 1. The maximum Gasteiger partial charge on any atom is 0.344 e. The number of hydrogen-bond acceptors (Lipinski definition) is 6. The lowest BCUT2D eigenvalue weighted by Gasteiger charge is -2.15. The fourth-order valence-corrected chi connectivity index (χ4v) is 3.91. The summed E-state index contributed by atoms with van der Waals surface area (Å²) in [5.74, 6) is -1.08. The average molecular weight is 428 g/mol. The van der Waals surface area contributed by atoms with Crippen LogP contribution in [0.5, 0.6) is 5.75 Å². The number of amides is 1. The van der Waals surface area contributed by atoms with Crippen molar-refractivity contribution in [3.8, 4) is 5.75 Å². The quantitative estimate of drug-likeness (QED) is 0.421. The molecule has 1 fully saturated rings. The maximum atomic E-state index is 12.9. The van der Waals surface area contributed by atoms with Gasteiger partial charge in [0, 0.05) is 11.1 Å². The second-order valence-corrected chi connectivity index (χ2v) is 7.93. The van der Waals surface area contributed by atoms with Crippen LogP contribution in [0.1, 0.15) is 29.8 Å². The van der Waals surface area contributed by atoms with Crippen molar-refractivity contribution in [1.29, 1.82) is 0 Å². The Hall–Kier alpha value is -2.97. The second-order valence-electron chi connectivity index (χ2n) is 6.26. The number of para-hydroxylation sites is 1. The van der Waals surface area contributed by atoms with Gasteiger partial charge in [-0.15, -0.1) is 0 Å². The zero-order valence-corrected chi connectivity index (χ0v) is 17.3. The zero-order chi connectivity index (χ0) is 21.1. The minimum absolute atomic E-state index is 0.0611. The molecule has 0 saturated carbocycles. The molecule has 0 aliphatic carbocycles. The number of benzene rings is 2. The van der Waals surface area contributed by atoms with Crippen molar-refractivity contribution < 1.29 is 24.2 Å². The van der Waals surface area contributed by atoms with E-state index in [1.807, 2.05) is 0 Å². The predicted molar refractivity (Wildman–Crippen MR) is 116 cm³/mol. The van der Waals surface area contributed by atoms with Gasteiger partial charge in [0.2, 0.25) is 0 Å². The maximum absolute atomic E-state index is 12.9. The number of carboxylic acids is 1. The van der Waals surface area contributed by atoms with Gasteiger partial charge in [0.15, 0.2) is 16.2 Å². The lowest BCUT2D eigenvalue weighted by atomic mass is 10.1. The van der Waals surface area contributed by atoms with E-state index in [1.54, 1.807) is 54.6 Å². The summed E-state index contributed by atoms with van der Waals surface area (Å²) < 4.78 is 5.85. The van der Waals surface area contributed by atoms with Crippen LogP contribution in [0.2, 0.25) is 0 Å². The van der Waals surface area contributed by atoms with Gasteiger partial charge in [-0.25, -0.2) is 4.79 Å². The Morgan fingerprint density at radius 1 is 1.17 bits per heavy atom. The van der Waals surface area contributed by atoms with Gasteiger partial charge < -0.3 is 9.84 Å². The Kier molecular flexibility index (Phi) is 6.14.